The topological polar surface area (TPSA) is 78.4 Å². The highest BCUT2D eigenvalue weighted by Gasteiger charge is 2.20. The minimum atomic E-state index is -0.416. The van der Waals surface area contributed by atoms with Crippen LogP contribution in [0.4, 0.5) is 0 Å². The number of carbonyl (C=O) groups excluding carboxylic acids is 2. The highest BCUT2D eigenvalue weighted by Crippen LogP contribution is 2.13. The zero-order chi connectivity index (χ0) is 16.0. The summed E-state index contributed by atoms with van der Waals surface area (Å²) in [5.41, 5.74) is 1.04. The average molecular weight is 292 g/mol. The molecule has 1 atom stereocenters. The lowest BCUT2D eigenvalue weighted by atomic mass is 9.95. The Bertz CT molecular complexity index is 489. The molecule has 0 aromatic heterocycles. The van der Waals surface area contributed by atoms with Gasteiger partial charge in [0.15, 0.2) is 0 Å². The fourth-order valence-corrected chi connectivity index (χ4v) is 1.57. The van der Waals surface area contributed by atoms with Crippen LogP contribution in [0.15, 0.2) is 24.3 Å². The van der Waals surface area contributed by atoms with Crippen molar-refractivity contribution in [1.29, 1.82) is 0 Å². The number of hydrogen-bond acceptors (Lipinski definition) is 3. The summed E-state index contributed by atoms with van der Waals surface area (Å²) in [6.45, 7) is 7.65. The molecule has 0 radical (unpaired) electrons. The lowest BCUT2D eigenvalue weighted by molar-refractivity contribution is -0.128. The smallest absolute Gasteiger partial charge is 0.251 e. The molecule has 0 saturated carbocycles. The van der Waals surface area contributed by atoms with E-state index in [2.05, 4.69) is 10.6 Å². The third-order valence-corrected chi connectivity index (χ3v) is 3.00. The molecule has 0 aliphatic carbocycles. The van der Waals surface area contributed by atoms with Crippen LogP contribution >= 0.6 is 0 Å². The molecule has 1 aromatic rings. The number of hydrogen-bond donors (Lipinski definition) is 3. The Morgan fingerprint density at radius 1 is 1.19 bits per heavy atom. The average Bonchev–Trinajstić information content (AvgIpc) is 2.43. The molecular weight excluding hydrogens is 268 g/mol. The van der Waals surface area contributed by atoms with Crippen LogP contribution < -0.4 is 10.6 Å². The monoisotopic (exact) mass is 292 g/mol. The van der Waals surface area contributed by atoms with Crippen LogP contribution in [0.3, 0.4) is 0 Å². The third-order valence-electron chi connectivity index (χ3n) is 3.00. The van der Waals surface area contributed by atoms with Crippen molar-refractivity contribution in [2.75, 3.05) is 6.61 Å². The van der Waals surface area contributed by atoms with E-state index in [-0.39, 0.29) is 24.5 Å². The van der Waals surface area contributed by atoms with Crippen LogP contribution in [0.2, 0.25) is 0 Å². The van der Waals surface area contributed by atoms with Crippen molar-refractivity contribution in [3.05, 3.63) is 35.4 Å². The molecule has 5 heteroatoms. The summed E-state index contributed by atoms with van der Waals surface area (Å²) in [5, 5.41) is 14.4. The highest BCUT2D eigenvalue weighted by molar-refractivity contribution is 5.94. The van der Waals surface area contributed by atoms with Gasteiger partial charge in [-0.3, -0.25) is 9.59 Å². The zero-order valence-electron chi connectivity index (χ0n) is 13.1. The van der Waals surface area contributed by atoms with Crippen LogP contribution in [0.5, 0.6) is 0 Å². The van der Waals surface area contributed by atoms with E-state index >= 15 is 0 Å². The summed E-state index contributed by atoms with van der Waals surface area (Å²) in [6.07, 6.45) is 0. The van der Waals surface area contributed by atoms with Crippen molar-refractivity contribution in [3.8, 4) is 0 Å². The van der Waals surface area contributed by atoms with Gasteiger partial charge in [0.1, 0.15) is 0 Å². The molecule has 0 spiro atoms. The Hall–Kier alpha value is -1.88. The maximum absolute atomic E-state index is 11.8. The molecule has 1 rings (SSSR count). The number of aliphatic hydroxyl groups excluding tert-OH is 1. The molecule has 0 bridgehead atoms. The fraction of sp³-hybridized carbons (Fsp3) is 0.500. The van der Waals surface area contributed by atoms with Crippen LogP contribution in [0.25, 0.3) is 0 Å². The summed E-state index contributed by atoms with van der Waals surface area (Å²) >= 11 is 0. The Labute approximate surface area is 125 Å². The van der Waals surface area contributed by atoms with Crippen molar-refractivity contribution >= 4 is 11.8 Å². The first-order valence-corrected chi connectivity index (χ1v) is 7.03. The van der Waals surface area contributed by atoms with Crippen molar-refractivity contribution in [2.45, 2.75) is 40.3 Å². The Balaban J connectivity index is 2.58. The summed E-state index contributed by atoms with van der Waals surface area (Å²) in [5.74, 6) is -0.233. The van der Waals surface area contributed by atoms with Crippen LogP contribution in [0, 0.1) is 5.41 Å². The molecule has 0 aliphatic rings. The molecule has 2 amide bonds. The van der Waals surface area contributed by atoms with Gasteiger partial charge in [-0.2, -0.15) is 0 Å². The first-order chi connectivity index (χ1) is 9.74. The van der Waals surface area contributed by atoms with Crippen molar-refractivity contribution in [1.82, 2.24) is 10.6 Å². The molecule has 3 N–H and O–H groups in total. The molecule has 0 fully saturated rings. The maximum atomic E-state index is 11.8. The van der Waals surface area contributed by atoms with Gasteiger partial charge in [0.05, 0.1) is 6.61 Å². The number of aliphatic hydroxyl groups is 1. The molecule has 21 heavy (non-hydrogen) atoms. The van der Waals surface area contributed by atoms with Gasteiger partial charge < -0.3 is 15.7 Å². The van der Waals surface area contributed by atoms with E-state index < -0.39 is 5.41 Å². The van der Waals surface area contributed by atoms with E-state index in [1.165, 1.54) is 0 Å². The molecule has 0 heterocycles. The van der Waals surface area contributed by atoms with Gasteiger partial charge in [0.2, 0.25) is 5.91 Å². The number of carbonyl (C=O) groups is 2. The van der Waals surface area contributed by atoms with E-state index in [1.807, 2.05) is 32.9 Å². The largest absolute Gasteiger partial charge is 0.394 e. The molecule has 1 aromatic carbocycles. The number of rotatable bonds is 5. The van der Waals surface area contributed by atoms with Crippen LogP contribution in [-0.2, 0) is 11.3 Å². The van der Waals surface area contributed by atoms with Crippen LogP contribution in [-0.4, -0.2) is 29.6 Å². The van der Waals surface area contributed by atoms with Gasteiger partial charge >= 0.3 is 0 Å². The molecular formula is C16H24N2O3. The molecule has 0 saturated heterocycles. The summed E-state index contributed by atoms with van der Waals surface area (Å²) in [7, 11) is 0. The highest BCUT2D eigenvalue weighted by atomic mass is 16.3. The first kappa shape index (κ1) is 17.2. The fourth-order valence-electron chi connectivity index (χ4n) is 1.57. The lowest BCUT2D eigenvalue weighted by Gasteiger charge is -2.17. The molecule has 1 unspecified atom stereocenters. The third kappa shape index (κ3) is 5.55. The summed E-state index contributed by atoms with van der Waals surface area (Å²) < 4.78 is 0. The zero-order valence-corrected chi connectivity index (χ0v) is 13.1. The minimum absolute atomic E-state index is 0.0129. The van der Waals surface area contributed by atoms with Crippen molar-refractivity contribution in [2.24, 2.45) is 5.41 Å². The SMILES string of the molecule is CC(CO)NC(=O)c1ccc(CNC(=O)C(C)(C)C)cc1. The van der Waals surface area contributed by atoms with Gasteiger partial charge in [-0.25, -0.2) is 0 Å². The predicted octanol–water partition coefficient (Wildman–Crippen LogP) is 1.46. The molecule has 116 valence electrons. The Kier molecular flexibility index (Phi) is 5.90. The van der Waals surface area contributed by atoms with Crippen molar-refractivity contribution < 1.29 is 14.7 Å². The van der Waals surface area contributed by atoms with E-state index in [0.29, 0.717) is 12.1 Å². The predicted molar refractivity (Wildman–Crippen MR) is 81.8 cm³/mol. The van der Waals surface area contributed by atoms with Gasteiger partial charge in [0.25, 0.3) is 5.91 Å². The Morgan fingerprint density at radius 2 is 1.76 bits per heavy atom. The summed E-state index contributed by atoms with van der Waals surface area (Å²) in [6, 6.07) is 6.75. The number of nitrogens with one attached hydrogen (secondary N) is 2. The Morgan fingerprint density at radius 3 is 2.24 bits per heavy atom. The molecule has 0 aliphatic heterocycles. The number of amides is 2. The minimum Gasteiger partial charge on any atom is -0.394 e. The second kappa shape index (κ2) is 7.22. The lowest BCUT2D eigenvalue weighted by Crippen LogP contribution is -2.35. The van der Waals surface area contributed by atoms with Gasteiger partial charge in [0, 0.05) is 23.6 Å². The van der Waals surface area contributed by atoms with E-state index in [9.17, 15) is 9.59 Å². The van der Waals surface area contributed by atoms with Crippen LogP contribution in [0.1, 0.15) is 43.6 Å². The second-order valence-corrected chi connectivity index (χ2v) is 6.19. The standard InChI is InChI=1S/C16H24N2O3/c1-11(10-19)18-14(20)13-7-5-12(6-8-13)9-17-15(21)16(2,3)4/h5-8,11,19H,9-10H2,1-4H3,(H,17,21)(H,18,20). The van der Waals surface area contributed by atoms with Gasteiger partial charge in [-0.05, 0) is 24.6 Å². The van der Waals surface area contributed by atoms with E-state index in [0.717, 1.165) is 5.56 Å². The van der Waals surface area contributed by atoms with Crippen molar-refractivity contribution in [3.63, 3.8) is 0 Å². The second-order valence-electron chi connectivity index (χ2n) is 6.19. The van der Waals surface area contributed by atoms with Gasteiger partial charge in [-0.1, -0.05) is 32.9 Å². The van der Waals surface area contributed by atoms with E-state index in [4.69, 9.17) is 5.11 Å². The first-order valence-electron chi connectivity index (χ1n) is 7.03. The maximum Gasteiger partial charge on any atom is 0.251 e. The van der Waals surface area contributed by atoms with Gasteiger partial charge in [-0.15, -0.1) is 0 Å². The number of benzene rings is 1. The van der Waals surface area contributed by atoms with E-state index in [1.54, 1.807) is 19.1 Å². The molecule has 5 nitrogen and oxygen atoms in total. The normalized spacial score (nSPS) is 12.6. The quantitative estimate of drug-likeness (QED) is 0.769. The summed E-state index contributed by atoms with van der Waals surface area (Å²) in [4.78, 5) is 23.6.